The summed E-state index contributed by atoms with van der Waals surface area (Å²) in [5.74, 6) is 0. The number of hydrogen-bond acceptors (Lipinski definition) is 1. The molecule has 1 nitrogen and oxygen atoms in total. The molecule has 0 aromatic rings. The Labute approximate surface area is 43.0 Å². The summed E-state index contributed by atoms with van der Waals surface area (Å²) < 4.78 is 5.19. The van der Waals surface area contributed by atoms with E-state index in [4.69, 9.17) is 4.74 Å². The predicted octanol–water partition coefficient (Wildman–Crippen LogP) is 1.11. The fourth-order valence-electron chi connectivity index (χ4n) is 1.18. The zero-order valence-corrected chi connectivity index (χ0v) is 4.18. The SMILES string of the molecule is C1=C2COC2CC1. The van der Waals surface area contributed by atoms with Crippen LogP contribution in [0.15, 0.2) is 11.6 Å². The van der Waals surface area contributed by atoms with E-state index in [9.17, 15) is 0 Å². The van der Waals surface area contributed by atoms with Crippen molar-refractivity contribution < 1.29 is 4.74 Å². The Balaban J connectivity index is 2.21. The van der Waals surface area contributed by atoms with Crippen LogP contribution in [0.4, 0.5) is 0 Å². The highest BCUT2D eigenvalue weighted by Crippen LogP contribution is 2.29. The Morgan fingerprint density at radius 2 is 2.71 bits per heavy atom. The highest BCUT2D eigenvalue weighted by Gasteiger charge is 2.27. The first-order valence-electron chi connectivity index (χ1n) is 2.77. The first kappa shape index (κ1) is 3.67. The lowest BCUT2D eigenvalue weighted by atomic mass is 10.1. The Kier molecular flexibility index (Phi) is 0.577. The summed E-state index contributed by atoms with van der Waals surface area (Å²) in [6.45, 7) is 0.921. The van der Waals surface area contributed by atoms with Crippen LogP contribution in [-0.4, -0.2) is 12.7 Å². The molecule has 1 aliphatic heterocycles. The van der Waals surface area contributed by atoms with Gasteiger partial charge in [0, 0.05) is 0 Å². The predicted molar refractivity (Wildman–Crippen MR) is 27.1 cm³/mol. The molecule has 0 bridgehead atoms. The third-order valence-corrected chi connectivity index (χ3v) is 1.70. The molecule has 0 spiro atoms. The molecule has 1 aliphatic carbocycles. The first-order valence-corrected chi connectivity index (χ1v) is 2.77. The van der Waals surface area contributed by atoms with Crippen molar-refractivity contribution in [3.8, 4) is 0 Å². The lowest BCUT2D eigenvalue weighted by Crippen LogP contribution is -2.26. The smallest absolute Gasteiger partial charge is 0.0814 e. The molecule has 0 amide bonds. The summed E-state index contributed by atoms with van der Waals surface area (Å²) in [6.07, 6.45) is 5.35. The minimum Gasteiger partial charge on any atom is -0.369 e. The topological polar surface area (TPSA) is 9.23 Å². The fourth-order valence-corrected chi connectivity index (χ4v) is 1.18. The van der Waals surface area contributed by atoms with E-state index in [0.29, 0.717) is 6.10 Å². The second-order valence-electron chi connectivity index (χ2n) is 2.16. The maximum absolute atomic E-state index is 5.19. The molecule has 38 valence electrons. The van der Waals surface area contributed by atoms with Gasteiger partial charge >= 0.3 is 0 Å². The summed E-state index contributed by atoms with van der Waals surface area (Å²) in [7, 11) is 0. The van der Waals surface area contributed by atoms with Gasteiger partial charge in [-0.2, -0.15) is 0 Å². The van der Waals surface area contributed by atoms with Gasteiger partial charge in [-0.05, 0) is 18.4 Å². The van der Waals surface area contributed by atoms with Gasteiger partial charge in [0.1, 0.15) is 0 Å². The molecule has 1 heteroatoms. The van der Waals surface area contributed by atoms with Crippen molar-refractivity contribution in [1.82, 2.24) is 0 Å². The lowest BCUT2D eigenvalue weighted by molar-refractivity contribution is 0.0207. The van der Waals surface area contributed by atoms with E-state index >= 15 is 0 Å². The van der Waals surface area contributed by atoms with Crippen molar-refractivity contribution in [2.45, 2.75) is 18.9 Å². The summed E-state index contributed by atoms with van der Waals surface area (Å²) in [5.41, 5.74) is 1.54. The van der Waals surface area contributed by atoms with Crippen LogP contribution in [0.2, 0.25) is 0 Å². The molecule has 2 rings (SSSR count). The van der Waals surface area contributed by atoms with Crippen molar-refractivity contribution in [3.63, 3.8) is 0 Å². The van der Waals surface area contributed by atoms with E-state index in [1.165, 1.54) is 12.8 Å². The third kappa shape index (κ3) is 0.361. The monoisotopic (exact) mass is 96.1 g/mol. The van der Waals surface area contributed by atoms with Crippen LogP contribution in [0, 0.1) is 0 Å². The molecule has 0 aromatic heterocycles. The van der Waals surface area contributed by atoms with Gasteiger partial charge in [-0.1, -0.05) is 6.08 Å². The number of ether oxygens (including phenoxy) is 1. The van der Waals surface area contributed by atoms with Crippen LogP contribution in [-0.2, 0) is 4.74 Å². The van der Waals surface area contributed by atoms with Gasteiger partial charge in [0.2, 0.25) is 0 Å². The van der Waals surface area contributed by atoms with Gasteiger partial charge in [0.15, 0.2) is 0 Å². The maximum Gasteiger partial charge on any atom is 0.0814 e. The zero-order chi connectivity index (χ0) is 4.69. The van der Waals surface area contributed by atoms with E-state index < -0.39 is 0 Å². The molecule has 7 heavy (non-hydrogen) atoms. The molecular formula is C6H8O. The minimum atomic E-state index is 0.556. The van der Waals surface area contributed by atoms with Gasteiger partial charge in [-0.3, -0.25) is 0 Å². The molecule has 0 aromatic carbocycles. The lowest BCUT2D eigenvalue weighted by Gasteiger charge is -2.25. The van der Waals surface area contributed by atoms with E-state index in [0.717, 1.165) is 6.61 Å². The normalized spacial score (nSPS) is 36.6. The van der Waals surface area contributed by atoms with E-state index in [2.05, 4.69) is 6.08 Å². The van der Waals surface area contributed by atoms with Crippen molar-refractivity contribution in [3.05, 3.63) is 11.6 Å². The summed E-state index contributed by atoms with van der Waals surface area (Å²) in [5, 5.41) is 0. The summed E-state index contributed by atoms with van der Waals surface area (Å²) in [4.78, 5) is 0. The molecule has 1 unspecified atom stereocenters. The molecule has 0 saturated carbocycles. The number of fused-ring (bicyclic) bond motifs is 1. The minimum absolute atomic E-state index is 0.556. The Bertz CT molecular complexity index is 115. The number of hydrogen-bond donors (Lipinski definition) is 0. The zero-order valence-electron chi connectivity index (χ0n) is 4.18. The standard InChI is InChI=1S/C6H8O/c1-2-5-4-7-6(5)3-1/h2,6H,1,3-4H2. The molecule has 1 fully saturated rings. The first-order chi connectivity index (χ1) is 3.47. The Hall–Kier alpha value is -0.300. The van der Waals surface area contributed by atoms with Crippen LogP contribution in [0.3, 0.4) is 0 Å². The van der Waals surface area contributed by atoms with Crippen LogP contribution in [0.25, 0.3) is 0 Å². The average molecular weight is 96.1 g/mol. The highest BCUT2D eigenvalue weighted by molar-refractivity contribution is 5.20. The van der Waals surface area contributed by atoms with Crippen molar-refractivity contribution in [1.29, 1.82) is 0 Å². The highest BCUT2D eigenvalue weighted by atomic mass is 16.5. The van der Waals surface area contributed by atoms with Gasteiger partial charge in [0.25, 0.3) is 0 Å². The quantitative estimate of drug-likeness (QED) is 0.410. The van der Waals surface area contributed by atoms with E-state index in [1.54, 1.807) is 5.57 Å². The van der Waals surface area contributed by atoms with Crippen LogP contribution in [0.5, 0.6) is 0 Å². The third-order valence-electron chi connectivity index (χ3n) is 1.70. The molecule has 1 saturated heterocycles. The van der Waals surface area contributed by atoms with Gasteiger partial charge in [-0.15, -0.1) is 0 Å². The molecule has 1 atom stereocenters. The second-order valence-corrected chi connectivity index (χ2v) is 2.16. The molecule has 2 aliphatic rings. The fraction of sp³-hybridized carbons (Fsp3) is 0.667. The van der Waals surface area contributed by atoms with Crippen LogP contribution in [0.1, 0.15) is 12.8 Å². The van der Waals surface area contributed by atoms with Crippen LogP contribution < -0.4 is 0 Å². The van der Waals surface area contributed by atoms with E-state index in [1.807, 2.05) is 0 Å². The van der Waals surface area contributed by atoms with E-state index in [-0.39, 0.29) is 0 Å². The van der Waals surface area contributed by atoms with Crippen molar-refractivity contribution >= 4 is 0 Å². The molecular weight excluding hydrogens is 88.1 g/mol. The molecule has 0 N–H and O–H groups in total. The molecule has 1 heterocycles. The van der Waals surface area contributed by atoms with Gasteiger partial charge in [0.05, 0.1) is 12.7 Å². The van der Waals surface area contributed by atoms with Crippen molar-refractivity contribution in [2.24, 2.45) is 0 Å². The number of allylic oxidation sites excluding steroid dienone is 1. The van der Waals surface area contributed by atoms with Crippen LogP contribution >= 0.6 is 0 Å². The van der Waals surface area contributed by atoms with Gasteiger partial charge in [-0.25, -0.2) is 0 Å². The maximum atomic E-state index is 5.19. The van der Waals surface area contributed by atoms with Crippen molar-refractivity contribution in [2.75, 3.05) is 6.61 Å². The largest absolute Gasteiger partial charge is 0.369 e. The average Bonchev–Trinajstić information content (AvgIpc) is 1.85. The Morgan fingerprint density at radius 3 is 3.00 bits per heavy atom. The second kappa shape index (κ2) is 1.10. The molecule has 0 radical (unpaired) electrons. The summed E-state index contributed by atoms with van der Waals surface area (Å²) in [6, 6.07) is 0. The summed E-state index contributed by atoms with van der Waals surface area (Å²) >= 11 is 0. The number of rotatable bonds is 0. The van der Waals surface area contributed by atoms with Gasteiger partial charge < -0.3 is 4.74 Å². The Morgan fingerprint density at radius 1 is 1.71 bits per heavy atom.